The average molecular weight is 355 g/mol. The molecular weight excluding hydrogens is 316 g/mol. The fourth-order valence-corrected chi connectivity index (χ4v) is 2.49. The summed E-state index contributed by atoms with van der Waals surface area (Å²) in [6.45, 7) is 7.19. The highest BCUT2D eigenvalue weighted by Gasteiger charge is 2.02. The first-order valence-electron chi connectivity index (χ1n) is 9.01. The molecule has 0 aromatic rings. The number of rotatable bonds is 13. The van der Waals surface area contributed by atoms with E-state index in [0.29, 0.717) is 12.5 Å². The van der Waals surface area contributed by atoms with Gasteiger partial charge in [0.25, 0.3) is 0 Å². The molecule has 0 aliphatic rings. The van der Waals surface area contributed by atoms with Crippen LogP contribution in [0.1, 0.15) is 91.4 Å². The Kier molecular flexibility index (Phi) is 18.2. The highest BCUT2D eigenvalue weighted by atomic mass is 32.3. The zero-order valence-electron chi connectivity index (χ0n) is 15.2. The van der Waals surface area contributed by atoms with Gasteiger partial charge in [-0.1, -0.05) is 85.0 Å². The fraction of sp³-hybridized carbons (Fsp3) is 1.00. The third-order valence-corrected chi connectivity index (χ3v) is 4.01. The van der Waals surface area contributed by atoms with Crippen molar-refractivity contribution in [2.75, 3.05) is 6.61 Å². The fourth-order valence-electron chi connectivity index (χ4n) is 2.49. The third-order valence-electron chi connectivity index (χ3n) is 4.01. The second kappa shape index (κ2) is 16.7. The molecular formula is C17H38O5S. The van der Waals surface area contributed by atoms with E-state index in [9.17, 15) is 0 Å². The molecule has 0 saturated heterocycles. The first-order chi connectivity index (χ1) is 10.7. The van der Waals surface area contributed by atoms with Gasteiger partial charge in [0.2, 0.25) is 0 Å². The van der Waals surface area contributed by atoms with E-state index in [4.69, 9.17) is 22.6 Å². The molecule has 3 N–H and O–H groups in total. The van der Waals surface area contributed by atoms with Gasteiger partial charge in [-0.05, 0) is 18.3 Å². The predicted molar refractivity (Wildman–Crippen MR) is 96.1 cm³/mol. The minimum atomic E-state index is -4.67. The number of hydrogen-bond donors (Lipinski definition) is 3. The molecule has 0 heterocycles. The molecule has 2 atom stereocenters. The molecule has 0 fully saturated rings. The van der Waals surface area contributed by atoms with Gasteiger partial charge in [0.05, 0.1) is 0 Å². The normalized spacial score (nSPS) is 14.0. The van der Waals surface area contributed by atoms with Crippen molar-refractivity contribution in [3.63, 3.8) is 0 Å². The maximum absolute atomic E-state index is 8.93. The highest BCUT2D eigenvalue weighted by molar-refractivity contribution is 7.79. The van der Waals surface area contributed by atoms with Crippen LogP contribution < -0.4 is 0 Å². The molecule has 5 nitrogen and oxygen atoms in total. The lowest BCUT2D eigenvalue weighted by atomic mass is 9.96. The van der Waals surface area contributed by atoms with Gasteiger partial charge in [0.15, 0.2) is 0 Å². The van der Waals surface area contributed by atoms with Gasteiger partial charge in [-0.2, -0.15) is 8.42 Å². The van der Waals surface area contributed by atoms with Gasteiger partial charge in [0.1, 0.15) is 0 Å². The van der Waals surface area contributed by atoms with Crippen LogP contribution in [0.25, 0.3) is 0 Å². The summed E-state index contributed by atoms with van der Waals surface area (Å²) in [5.41, 5.74) is 0. The molecule has 0 rings (SSSR count). The molecule has 23 heavy (non-hydrogen) atoms. The smallest absolute Gasteiger partial charge is 0.394 e. The maximum Gasteiger partial charge on any atom is 0.394 e. The van der Waals surface area contributed by atoms with Crippen LogP contribution >= 0.6 is 0 Å². The zero-order valence-corrected chi connectivity index (χ0v) is 16.0. The van der Waals surface area contributed by atoms with Gasteiger partial charge in [0, 0.05) is 6.61 Å². The molecule has 0 saturated carbocycles. The summed E-state index contributed by atoms with van der Waals surface area (Å²) in [5.74, 6) is 1.44. The Bertz CT molecular complexity index is 322. The Morgan fingerprint density at radius 1 is 0.739 bits per heavy atom. The van der Waals surface area contributed by atoms with Gasteiger partial charge in [-0.15, -0.1) is 0 Å². The summed E-state index contributed by atoms with van der Waals surface area (Å²) in [7, 11) is -4.67. The molecule has 142 valence electrons. The lowest BCUT2D eigenvalue weighted by Crippen LogP contribution is -1.99. The second-order valence-electron chi connectivity index (χ2n) is 6.68. The van der Waals surface area contributed by atoms with Gasteiger partial charge in [-0.25, -0.2) is 0 Å². The van der Waals surface area contributed by atoms with Crippen molar-refractivity contribution in [3.8, 4) is 0 Å². The number of hydrogen-bond acceptors (Lipinski definition) is 3. The van der Waals surface area contributed by atoms with Crippen LogP contribution in [-0.4, -0.2) is 29.2 Å². The van der Waals surface area contributed by atoms with Crippen LogP contribution in [0, 0.1) is 11.8 Å². The summed E-state index contributed by atoms with van der Waals surface area (Å²) < 4.78 is 31.6. The Labute approximate surface area is 143 Å². The van der Waals surface area contributed by atoms with E-state index in [2.05, 4.69) is 20.8 Å². The standard InChI is InChI=1S/C17H36O.H2O4S/c1-4-5-9-12-16(2)13-10-7-6-8-11-14-17(3)15-18;1-5(2,3)4/h16-18H,4-15H2,1-3H3;(H2,1,2,3,4). The van der Waals surface area contributed by atoms with Crippen molar-refractivity contribution >= 4 is 10.4 Å². The first kappa shape index (κ1) is 25.1. The molecule has 0 aromatic heterocycles. The van der Waals surface area contributed by atoms with E-state index < -0.39 is 10.4 Å². The van der Waals surface area contributed by atoms with Crippen LogP contribution in [0.3, 0.4) is 0 Å². The second-order valence-corrected chi connectivity index (χ2v) is 7.58. The van der Waals surface area contributed by atoms with Crippen LogP contribution in [0.2, 0.25) is 0 Å². The van der Waals surface area contributed by atoms with Crippen LogP contribution in [0.5, 0.6) is 0 Å². The first-order valence-corrected chi connectivity index (χ1v) is 10.4. The van der Waals surface area contributed by atoms with Crippen molar-refractivity contribution in [1.82, 2.24) is 0 Å². The lowest BCUT2D eigenvalue weighted by molar-refractivity contribution is 0.227. The van der Waals surface area contributed by atoms with Crippen LogP contribution in [0.4, 0.5) is 0 Å². The summed E-state index contributed by atoms with van der Waals surface area (Å²) in [6, 6.07) is 0. The SMILES string of the molecule is CCCCCC(C)CCCCCCCC(C)CO.O=S(=O)(O)O. The van der Waals surface area contributed by atoms with E-state index in [-0.39, 0.29) is 0 Å². The van der Waals surface area contributed by atoms with E-state index >= 15 is 0 Å². The number of aliphatic hydroxyl groups excluding tert-OH is 1. The quantitative estimate of drug-likeness (QED) is 0.323. The van der Waals surface area contributed by atoms with Gasteiger partial charge in [-0.3, -0.25) is 9.11 Å². The minimum Gasteiger partial charge on any atom is -0.396 e. The molecule has 0 aliphatic heterocycles. The largest absolute Gasteiger partial charge is 0.396 e. The summed E-state index contributed by atoms with van der Waals surface area (Å²) in [5, 5.41) is 8.93. The van der Waals surface area contributed by atoms with Crippen molar-refractivity contribution in [1.29, 1.82) is 0 Å². The van der Waals surface area contributed by atoms with Crippen molar-refractivity contribution in [2.45, 2.75) is 91.4 Å². The molecule has 0 bridgehead atoms. The highest BCUT2D eigenvalue weighted by Crippen LogP contribution is 2.18. The van der Waals surface area contributed by atoms with Crippen molar-refractivity contribution < 1.29 is 22.6 Å². The molecule has 6 heteroatoms. The van der Waals surface area contributed by atoms with E-state index in [0.717, 1.165) is 5.92 Å². The predicted octanol–water partition coefficient (Wildman–Crippen LogP) is 4.91. The molecule has 2 unspecified atom stereocenters. The summed E-state index contributed by atoms with van der Waals surface area (Å²) >= 11 is 0. The molecule has 0 aromatic carbocycles. The molecule has 0 amide bonds. The Morgan fingerprint density at radius 2 is 1.09 bits per heavy atom. The summed E-state index contributed by atoms with van der Waals surface area (Å²) in [6.07, 6.45) is 15.1. The Hall–Kier alpha value is -0.170. The van der Waals surface area contributed by atoms with Crippen LogP contribution in [-0.2, 0) is 10.4 Å². The van der Waals surface area contributed by atoms with Gasteiger partial charge < -0.3 is 5.11 Å². The minimum absolute atomic E-state index is 0.356. The van der Waals surface area contributed by atoms with Crippen molar-refractivity contribution in [3.05, 3.63) is 0 Å². The Morgan fingerprint density at radius 3 is 1.48 bits per heavy atom. The molecule has 0 radical (unpaired) electrons. The van der Waals surface area contributed by atoms with E-state index in [1.807, 2.05) is 0 Å². The van der Waals surface area contributed by atoms with E-state index in [1.54, 1.807) is 0 Å². The number of unbranched alkanes of at least 4 members (excludes halogenated alkanes) is 6. The summed E-state index contributed by atoms with van der Waals surface area (Å²) in [4.78, 5) is 0. The van der Waals surface area contributed by atoms with Crippen LogP contribution in [0.15, 0.2) is 0 Å². The average Bonchev–Trinajstić information content (AvgIpc) is 2.44. The third kappa shape index (κ3) is 30.3. The van der Waals surface area contributed by atoms with E-state index in [1.165, 1.54) is 70.6 Å². The molecule has 0 spiro atoms. The van der Waals surface area contributed by atoms with Gasteiger partial charge >= 0.3 is 10.4 Å². The lowest BCUT2D eigenvalue weighted by Gasteiger charge is -2.11. The van der Waals surface area contributed by atoms with Crippen molar-refractivity contribution in [2.24, 2.45) is 11.8 Å². The monoisotopic (exact) mass is 354 g/mol. The maximum atomic E-state index is 8.93. The topological polar surface area (TPSA) is 94.8 Å². The Balaban J connectivity index is 0. The number of aliphatic hydroxyl groups is 1. The molecule has 0 aliphatic carbocycles. The zero-order chi connectivity index (χ0) is 18.1.